The summed E-state index contributed by atoms with van der Waals surface area (Å²) in [5, 5.41) is 18.1. The summed E-state index contributed by atoms with van der Waals surface area (Å²) in [5.74, 6) is 0. The molecule has 0 radical (unpaired) electrons. The van der Waals surface area contributed by atoms with Crippen LogP contribution in [-0.4, -0.2) is 30.4 Å². The quantitative estimate of drug-likeness (QED) is 0.439. The van der Waals surface area contributed by atoms with Gasteiger partial charge >= 0.3 is 7.12 Å². The second-order valence-corrected chi connectivity index (χ2v) is 3.23. The largest absolute Gasteiger partial charge is 0.488 e. The topological polar surface area (TPSA) is 52.8 Å². The molecule has 4 heteroatoms. The number of aliphatic imine (C=N–C) groups is 1. The first-order valence-corrected chi connectivity index (χ1v) is 4.90. The zero-order chi connectivity index (χ0) is 12.0. The number of benzene rings is 1. The van der Waals surface area contributed by atoms with Crippen LogP contribution in [0.1, 0.15) is 5.56 Å². The molecule has 0 aliphatic rings. The summed E-state index contributed by atoms with van der Waals surface area (Å²) in [6.45, 7) is 3.71. The van der Waals surface area contributed by atoms with Crippen LogP contribution in [0.25, 0.3) is 5.57 Å². The Hall–Kier alpha value is -1.65. The lowest BCUT2D eigenvalue weighted by atomic mass is 9.79. The van der Waals surface area contributed by atoms with E-state index in [1.807, 2.05) is 12.1 Å². The van der Waals surface area contributed by atoms with Gasteiger partial charge in [-0.2, -0.15) is 0 Å². The molecule has 0 atom stereocenters. The van der Waals surface area contributed by atoms with E-state index in [0.29, 0.717) is 5.46 Å². The molecule has 0 saturated carbocycles. The molecule has 0 heterocycles. The van der Waals surface area contributed by atoms with Crippen LogP contribution in [0.5, 0.6) is 0 Å². The SMILES string of the molecule is C=C/C(=C\C=NC)c1cccc(B(O)O)c1. The molecule has 0 aliphatic heterocycles. The molecule has 0 amide bonds. The van der Waals surface area contributed by atoms with Crippen LogP contribution in [0.15, 0.2) is 48.0 Å². The Balaban J connectivity index is 3.11. The highest BCUT2D eigenvalue weighted by Crippen LogP contribution is 2.13. The maximum Gasteiger partial charge on any atom is 0.488 e. The van der Waals surface area contributed by atoms with E-state index in [1.165, 1.54) is 0 Å². The van der Waals surface area contributed by atoms with Crippen molar-refractivity contribution in [3.05, 3.63) is 48.6 Å². The molecule has 0 aliphatic carbocycles. The summed E-state index contributed by atoms with van der Waals surface area (Å²) in [7, 11) is 0.233. The van der Waals surface area contributed by atoms with Gasteiger partial charge < -0.3 is 10.0 Å². The fourth-order valence-electron chi connectivity index (χ4n) is 1.32. The lowest BCUT2D eigenvalue weighted by Crippen LogP contribution is -2.29. The van der Waals surface area contributed by atoms with Crippen LogP contribution in [0.3, 0.4) is 0 Å². The highest BCUT2D eigenvalue weighted by Gasteiger charge is 2.10. The zero-order valence-corrected chi connectivity index (χ0v) is 9.17. The second-order valence-electron chi connectivity index (χ2n) is 3.23. The van der Waals surface area contributed by atoms with Crippen LogP contribution in [-0.2, 0) is 0 Å². The average molecular weight is 215 g/mol. The third kappa shape index (κ3) is 3.19. The second kappa shape index (κ2) is 6.05. The van der Waals surface area contributed by atoms with Crippen molar-refractivity contribution in [2.75, 3.05) is 7.05 Å². The van der Waals surface area contributed by atoms with Crippen molar-refractivity contribution in [1.82, 2.24) is 0 Å². The molecule has 16 heavy (non-hydrogen) atoms. The van der Waals surface area contributed by atoms with Crippen molar-refractivity contribution in [2.24, 2.45) is 4.99 Å². The number of allylic oxidation sites excluding steroid dienone is 3. The lowest BCUT2D eigenvalue weighted by molar-refractivity contribution is 0.426. The van der Waals surface area contributed by atoms with Gasteiger partial charge in [0.05, 0.1) is 0 Å². The van der Waals surface area contributed by atoms with E-state index >= 15 is 0 Å². The molecule has 0 saturated heterocycles. The van der Waals surface area contributed by atoms with Crippen molar-refractivity contribution in [1.29, 1.82) is 0 Å². The van der Waals surface area contributed by atoms with E-state index in [0.717, 1.165) is 11.1 Å². The molecule has 0 bridgehead atoms. The molecule has 0 fully saturated rings. The van der Waals surface area contributed by atoms with Gasteiger partial charge in [-0.05, 0) is 22.7 Å². The van der Waals surface area contributed by atoms with Crippen molar-refractivity contribution >= 4 is 24.4 Å². The van der Waals surface area contributed by atoms with E-state index in [4.69, 9.17) is 10.0 Å². The van der Waals surface area contributed by atoms with Gasteiger partial charge in [0.1, 0.15) is 0 Å². The Kier molecular flexibility index (Phi) is 4.70. The van der Waals surface area contributed by atoms with Crippen molar-refractivity contribution in [2.45, 2.75) is 0 Å². The molecular formula is C12H14BNO2. The summed E-state index contributed by atoms with van der Waals surface area (Å²) in [6, 6.07) is 7.01. The van der Waals surface area contributed by atoms with Gasteiger partial charge in [0.15, 0.2) is 0 Å². The Labute approximate surface area is 95.6 Å². The normalized spacial score (nSPS) is 11.8. The summed E-state index contributed by atoms with van der Waals surface area (Å²) in [4.78, 5) is 3.86. The maximum atomic E-state index is 9.06. The molecule has 82 valence electrons. The van der Waals surface area contributed by atoms with Crippen LogP contribution in [0, 0.1) is 0 Å². The third-order valence-corrected chi connectivity index (χ3v) is 2.14. The summed E-state index contributed by atoms with van der Waals surface area (Å²) in [5.41, 5.74) is 2.22. The Morgan fingerprint density at radius 2 is 2.19 bits per heavy atom. The monoisotopic (exact) mass is 215 g/mol. The standard InChI is InChI=1S/C12H14BNO2/c1-3-10(7-8-14-2)11-5-4-6-12(9-11)13(15)16/h3-9,15-16H,1H2,2H3/b10-7+,14-8?. The predicted octanol–water partition coefficient (Wildman–Crippen LogP) is 0.636. The molecule has 0 unspecified atom stereocenters. The summed E-state index contributed by atoms with van der Waals surface area (Å²) >= 11 is 0. The molecule has 3 nitrogen and oxygen atoms in total. The van der Waals surface area contributed by atoms with Crippen molar-refractivity contribution in [3.63, 3.8) is 0 Å². The Bertz CT molecular complexity index is 425. The summed E-state index contributed by atoms with van der Waals surface area (Å²) in [6.07, 6.45) is 5.18. The lowest BCUT2D eigenvalue weighted by Gasteiger charge is -2.04. The molecule has 0 spiro atoms. The van der Waals surface area contributed by atoms with Crippen LogP contribution >= 0.6 is 0 Å². The van der Waals surface area contributed by atoms with Crippen LogP contribution < -0.4 is 5.46 Å². The third-order valence-electron chi connectivity index (χ3n) is 2.14. The van der Waals surface area contributed by atoms with Gasteiger partial charge in [0.25, 0.3) is 0 Å². The fourth-order valence-corrected chi connectivity index (χ4v) is 1.32. The predicted molar refractivity (Wildman–Crippen MR) is 68.9 cm³/mol. The molecule has 2 N–H and O–H groups in total. The van der Waals surface area contributed by atoms with Crippen molar-refractivity contribution < 1.29 is 10.0 Å². The molecule has 0 aromatic heterocycles. The van der Waals surface area contributed by atoms with Crippen molar-refractivity contribution in [3.8, 4) is 0 Å². The smallest absolute Gasteiger partial charge is 0.423 e. The van der Waals surface area contributed by atoms with E-state index in [1.54, 1.807) is 37.5 Å². The van der Waals surface area contributed by atoms with Gasteiger partial charge in [-0.3, -0.25) is 4.99 Å². The number of hydrogen-bond donors (Lipinski definition) is 2. The fraction of sp³-hybridized carbons (Fsp3) is 0.0833. The summed E-state index contributed by atoms with van der Waals surface area (Å²) < 4.78 is 0. The van der Waals surface area contributed by atoms with Crippen LogP contribution in [0.4, 0.5) is 0 Å². The van der Waals surface area contributed by atoms with Crippen LogP contribution in [0.2, 0.25) is 0 Å². The minimum absolute atomic E-state index is 0.457. The maximum absolute atomic E-state index is 9.06. The number of hydrogen-bond acceptors (Lipinski definition) is 3. The van der Waals surface area contributed by atoms with Gasteiger partial charge in [0.2, 0.25) is 0 Å². The van der Waals surface area contributed by atoms with E-state index in [2.05, 4.69) is 11.6 Å². The first-order chi connectivity index (χ1) is 7.69. The van der Waals surface area contributed by atoms with Gasteiger partial charge in [-0.25, -0.2) is 0 Å². The number of nitrogens with zero attached hydrogens (tertiary/aromatic N) is 1. The molecular weight excluding hydrogens is 201 g/mol. The minimum Gasteiger partial charge on any atom is -0.423 e. The van der Waals surface area contributed by atoms with Gasteiger partial charge in [-0.1, -0.05) is 36.9 Å². The minimum atomic E-state index is -1.45. The molecule has 1 aromatic carbocycles. The van der Waals surface area contributed by atoms with E-state index in [9.17, 15) is 0 Å². The average Bonchev–Trinajstić information content (AvgIpc) is 2.30. The highest BCUT2D eigenvalue weighted by molar-refractivity contribution is 6.58. The highest BCUT2D eigenvalue weighted by atomic mass is 16.4. The molecule has 1 aromatic rings. The first-order valence-electron chi connectivity index (χ1n) is 4.90. The number of rotatable bonds is 4. The zero-order valence-electron chi connectivity index (χ0n) is 9.17. The van der Waals surface area contributed by atoms with Gasteiger partial charge in [-0.15, -0.1) is 0 Å². The first kappa shape index (κ1) is 12.4. The Morgan fingerprint density at radius 1 is 1.44 bits per heavy atom. The molecule has 1 rings (SSSR count). The van der Waals surface area contributed by atoms with E-state index < -0.39 is 7.12 Å². The Morgan fingerprint density at radius 3 is 2.75 bits per heavy atom. The van der Waals surface area contributed by atoms with E-state index in [-0.39, 0.29) is 0 Å². The van der Waals surface area contributed by atoms with Gasteiger partial charge in [0, 0.05) is 13.3 Å².